The topological polar surface area (TPSA) is 20.3 Å². The molecule has 0 unspecified atom stereocenters. The van der Waals surface area contributed by atoms with Crippen LogP contribution in [0.4, 0.5) is 0 Å². The van der Waals surface area contributed by atoms with Crippen molar-refractivity contribution in [3.05, 3.63) is 65.2 Å². The molecule has 0 saturated carbocycles. The quantitative estimate of drug-likeness (QED) is 0.797. The largest absolute Gasteiger partial charge is 0.337 e. The number of aryl methyl sites for hydroxylation is 1. The summed E-state index contributed by atoms with van der Waals surface area (Å²) in [6, 6.07) is 16.8. The predicted octanol–water partition coefficient (Wildman–Crippen LogP) is 4.06. The van der Waals surface area contributed by atoms with E-state index in [4.69, 9.17) is 0 Å². The van der Waals surface area contributed by atoms with Crippen molar-refractivity contribution < 1.29 is 4.79 Å². The van der Waals surface area contributed by atoms with E-state index in [0.29, 0.717) is 0 Å². The molecule has 1 heterocycles. The van der Waals surface area contributed by atoms with Gasteiger partial charge in [0.05, 0.1) is 5.25 Å². The van der Waals surface area contributed by atoms with Crippen molar-refractivity contribution in [3.63, 3.8) is 0 Å². The highest BCUT2D eigenvalue weighted by Gasteiger charge is 2.25. The lowest BCUT2D eigenvalue weighted by Crippen LogP contribution is -2.40. The summed E-state index contributed by atoms with van der Waals surface area (Å²) in [6.45, 7) is 5.66. The van der Waals surface area contributed by atoms with Gasteiger partial charge >= 0.3 is 0 Å². The first-order valence-electron chi connectivity index (χ1n) is 7.72. The van der Waals surface area contributed by atoms with E-state index in [1.807, 2.05) is 11.8 Å². The van der Waals surface area contributed by atoms with Gasteiger partial charge in [0.1, 0.15) is 0 Å². The van der Waals surface area contributed by atoms with Crippen LogP contribution in [-0.4, -0.2) is 22.6 Å². The summed E-state index contributed by atoms with van der Waals surface area (Å²) in [4.78, 5) is 15.8. The van der Waals surface area contributed by atoms with Crippen molar-refractivity contribution in [2.45, 2.75) is 37.0 Å². The Balaban J connectivity index is 1.65. The number of carbonyl (C=O) groups excluding carboxylic acids is 1. The molecule has 3 heteroatoms. The monoisotopic (exact) mass is 311 g/mol. The third-order valence-electron chi connectivity index (χ3n) is 4.12. The molecule has 0 aliphatic carbocycles. The molecule has 3 rings (SSSR count). The summed E-state index contributed by atoms with van der Waals surface area (Å²) in [5.74, 6) is 0.236. The van der Waals surface area contributed by atoms with Crippen LogP contribution in [0.5, 0.6) is 0 Å². The van der Waals surface area contributed by atoms with Crippen LogP contribution in [0, 0.1) is 6.92 Å². The van der Waals surface area contributed by atoms with Gasteiger partial charge in [-0.3, -0.25) is 4.79 Å². The van der Waals surface area contributed by atoms with Crippen LogP contribution in [0.2, 0.25) is 0 Å². The average Bonchev–Trinajstić information content (AvgIpc) is 2.55. The van der Waals surface area contributed by atoms with E-state index in [-0.39, 0.29) is 11.2 Å². The summed E-state index contributed by atoms with van der Waals surface area (Å²) in [6.07, 6.45) is 0.962. The maximum absolute atomic E-state index is 12.7. The zero-order valence-electron chi connectivity index (χ0n) is 13.1. The molecule has 0 N–H and O–H groups in total. The van der Waals surface area contributed by atoms with E-state index in [1.54, 1.807) is 11.8 Å². The van der Waals surface area contributed by atoms with Gasteiger partial charge in [-0.1, -0.05) is 42.0 Å². The maximum Gasteiger partial charge on any atom is 0.236 e. The molecule has 0 aromatic heterocycles. The number of hydrogen-bond acceptors (Lipinski definition) is 2. The van der Waals surface area contributed by atoms with Crippen LogP contribution in [0.3, 0.4) is 0 Å². The molecule has 1 atom stereocenters. The molecule has 2 nitrogen and oxygen atoms in total. The Morgan fingerprint density at radius 2 is 1.77 bits per heavy atom. The van der Waals surface area contributed by atoms with Crippen LogP contribution in [-0.2, 0) is 17.8 Å². The van der Waals surface area contributed by atoms with Crippen molar-refractivity contribution in [3.8, 4) is 0 Å². The highest BCUT2D eigenvalue weighted by Crippen LogP contribution is 2.27. The van der Waals surface area contributed by atoms with Crippen LogP contribution in [0.15, 0.2) is 53.4 Å². The third-order valence-corrected chi connectivity index (χ3v) is 5.22. The molecule has 2 aromatic carbocycles. The van der Waals surface area contributed by atoms with E-state index in [9.17, 15) is 4.79 Å². The van der Waals surface area contributed by atoms with E-state index in [1.165, 1.54) is 16.7 Å². The Hall–Kier alpha value is -1.74. The number of carbonyl (C=O) groups is 1. The van der Waals surface area contributed by atoms with Gasteiger partial charge in [-0.05, 0) is 43.5 Å². The molecule has 114 valence electrons. The van der Waals surface area contributed by atoms with Gasteiger partial charge in [-0.15, -0.1) is 11.8 Å². The van der Waals surface area contributed by atoms with Crippen LogP contribution in [0.25, 0.3) is 0 Å². The normalized spacial score (nSPS) is 15.3. The maximum atomic E-state index is 12.7. The molecular formula is C19H21NOS. The molecule has 0 radical (unpaired) electrons. The van der Waals surface area contributed by atoms with Gasteiger partial charge < -0.3 is 4.90 Å². The fraction of sp³-hybridized carbons (Fsp3) is 0.316. The zero-order valence-corrected chi connectivity index (χ0v) is 13.9. The van der Waals surface area contributed by atoms with E-state index in [2.05, 4.69) is 55.5 Å². The Morgan fingerprint density at radius 3 is 2.50 bits per heavy atom. The van der Waals surface area contributed by atoms with E-state index >= 15 is 0 Å². The second-order valence-electron chi connectivity index (χ2n) is 5.85. The Kier molecular flexibility index (Phi) is 4.53. The molecule has 0 spiro atoms. The summed E-state index contributed by atoms with van der Waals surface area (Å²) >= 11 is 1.64. The van der Waals surface area contributed by atoms with E-state index < -0.39 is 0 Å². The van der Waals surface area contributed by atoms with Crippen molar-refractivity contribution in [2.75, 3.05) is 6.54 Å². The Bertz CT molecular complexity index is 665. The molecule has 0 saturated heterocycles. The highest BCUT2D eigenvalue weighted by atomic mass is 32.2. The minimum atomic E-state index is -0.0482. The molecule has 1 amide bonds. The van der Waals surface area contributed by atoms with Gasteiger partial charge in [0.15, 0.2) is 0 Å². The van der Waals surface area contributed by atoms with Gasteiger partial charge in [-0.2, -0.15) is 0 Å². The van der Waals surface area contributed by atoms with Gasteiger partial charge in [-0.25, -0.2) is 0 Å². The molecule has 22 heavy (non-hydrogen) atoms. The van der Waals surface area contributed by atoms with Crippen molar-refractivity contribution in [1.82, 2.24) is 4.90 Å². The number of nitrogens with zero attached hydrogens (tertiary/aromatic N) is 1. The molecule has 0 bridgehead atoms. The molecule has 1 aliphatic heterocycles. The molecule has 1 aliphatic rings. The summed E-state index contributed by atoms with van der Waals surface area (Å²) in [5.41, 5.74) is 3.91. The minimum Gasteiger partial charge on any atom is -0.337 e. The summed E-state index contributed by atoms with van der Waals surface area (Å²) in [7, 11) is 0. The smallest absolute Gasteiger partial charge is 0.236 e. The molecule has 2 aromatic rings. The number of fused-ring (bicyclic) bond motifs is 1. The lowest BCUT2D eigenvalue weighted by atomic mass is 10.00. The van der Waals surface area contributed by atoms with Gasteiger partial charge in [0.2, 0.25) is 5.91 Å². The number of benzene rings is 2. The van der Waals surface area contributed by atoms with Crippen molar-refractivity contribution >= 4 is 17.7 Å². The van der Waals surface area contributed by atoms with Crippen molar-refractivity contribution in [1.29, 1.82) is 0 Å². The first kappa shape index (κ1) is 15.2. The number of thioether (sulfide) groups is 1. The number of amides is 1. The lowest BCUT2D eigenvalue weighted by Gasteiger charge is -2.30. The second-order valence-corrected chi connectivity index (χ2v) is 7.27. The first-order chi connectivity index (χ1) is 10.6. The Morgan fingerprint density at radius 1 is 1.09 bits per heavy atom. The van der Waals surface area contributed by atoms with E-state index in [0.717, 1.165) is 24.4 Å². The lowest BCUT2D eigenvalue weighted by molar-refractivity contribution is -0.131. The Labute approximate surface area is 136 Å². The van der Waals surface area contributed by atoms with Crippen molar-refractivity contribution in [2.24, 2.45) is 0 Å². The first-order valence-corrected chi connectivity index (χ1v) is 8.60. The van der Waals surface area contributed by atoms with Crippen LogP contribution in [0.1, 0.15) is 23.6 Å². The highest BCUT2D eigenvalue weighted by molar-refractivity contribution is 8.00. The molecule has 0 fully saturated rings. The van der Waals surface area contributed by atoms with Crippen LogP contribution < -0.4 is 0 Å². The minimum absolute atomic E-state index is 0.0482. The second kappa shape index (κ2) is 6.57. The average molecular weight is 311 g/mol. The number of hydrogen-bond donors (Lipinski definition) is 0. The summed E-state index contributed by atoms with van der Waals surface area (Å²) in [5, 5.41) is -0.0482. The SMILES string of the molecule is Cc1ccc(S[C@@H](C)C(=O)N2CCc3ccccc3C2)cc1. The third kappa shape index (κ3) is 3.36. The fourth-order valence-corrected chi connectivity index (χ4v) is 3.76. The van der Waals surface area contributed by atoms with Gasteiger partial charge in [0, 0.05) is 18.0 Å². The standard InChI is InChI=1S/C19H21NOS/c1-14-7-9-18(10-8-14)22-15(2)19(21)20-12-11-16-5-3-4-6-17(16)13-20/h3-10,15H,11-13H2,1-2H3/t15-/m0/s1. The fourth-order valence-electron chi connectivity index (χ4n) is 2.81. The van der Waals surface area contributed by atoms with Gasteiger partial charge in [0.25, 0.3) is 0 Å². The summed E-state index contributed by atoms with van der Waals surface area (Å²) < 4.78 is 0. The predicted molar refractivity (Wildman–Crippen MR) is 92.1 cm³/mol. The van der Waals surface area contributed by atoms with Crippen LogP contribution >= 0.6 is 11.8 Å². The number of rotatable bonds is 3. The molecular weight excluding hydrogens is 290 g/mol. The zero-order chi connectivity index (χ0) is 15.5.